The van der Waals surface area contributed by atoms with E-state index in [1.807, 2.05) is 6.07 Å². The fourth-order valence-corrected chi connectivity index (χ4v) is 3.48. The summed E-state index contributed by atoms with van der Waals surface area (Å²) >= 11 is 12.2. The highest BCUT2D eigenvalue weighted by molar-refractivity contribution is 6.39. The third kappa shape index (κ3) is 4.46. The van der Waals surface area contributed by atoms with E-state index in [4.69, 9.17) is 27.9 Å². The molecule has 0 bridgehead atoms. The number of fused-ring (bicyclic) bond motifs is 1. The first-order valence-corrected chi connectivity index (χ1v) is 8.94. The van der Waals surface area contributed by atoms with Gasteiger partial charge in [0.25, 0.3) is 0 Å². The van der Waals surface area contributed by atoms with Gasteiger partial charge in [-0.05, 0) is 41.8 Å². The molecular formula is C19H20Cl2N2O2. The van der Waals surface area contributed by atoms with Crippen LogP contribution < -0.4 is 10.1 Å². The lowest BCUT2D eigenvalue weighted by Crippen LogP contribution is -2.33. The van der Waals surface area contributed by atoms with E-state index in [2.05, 4.69) is 22.3 Å². The minimum absolute atomic E-state index is 0.0913. The van der Waals surface area contributed by atoms with Crippen molar-refractivity contribution in [3.63, 3.8) is 0 Å². The third-order valence-electron chi connectivity index (χ3n) is 4.39. The summed E-state index contributed by atoms with van der Waals surface area (Å²) in [5, 5.41) is 3.69. The van der Waals surface area contributed by atoms with Gasteiger partial charge in [-0.15, -0.1) is 0 Å². The first-order valence-electron chi connectivity index (χ1n) is 8.19. The van der Waals surface area contributed by atoms with Crippen molar-refractivity contribution in [1.82, 2.24) is 4.90 Å². The summed E-state index contributed by atoms with van der Waals surface area (Å²) in [6.45, 7) is 2.46. The number of hydrogen-bond donors (Lipinski definition) is 1. The molecule has 0 aromatic heterocycles. The van der Waals surface area contributed by atoms with E-state index >= 15 is 0 Å². The molecule has 1 aliphatic rings. The summed E-state index contributed by atoms with van der Waals surface area (Å²) in [5.74, 6) is 0.776. The number of nitrogens with zero attached hydrogens (tertiary/aromatic N) is 1. The Balaban J connectivity index is 1.56. The van der Waals surface area contributed by atoms with Crippen molar-refractivity contribution in [2.45, 2.75) is 19.4 Å². The Hall–Kier alpha value is -1.75. The molecule has 0 radical (unpaired) electrons. The van der Waals surface area contributed by atoms with Gasteiger partial charge in [-0.25, -0.2) is 0 Å². The SMILES string of the molecule is COc1ccc2c(c1)CN(CCC(=O)Nc1c(Cl)cccc1Cl)CC2. The number of carbonyl (C=O) groups is 1. The number of anilines is 1. The molecule has 0 spiro atoms. The van der Waals surface area contributed by atoms with Gasteiger partial charge in [-0.2, -0.15) is 0 Å². The molecule has 0 fully saturated rings. The largest absolute Gasteiger partial charge is 0.497 e. The van der Waals surface area contributed by atoms with Gasteiger partial charge >= 0.3 is 0 Å². The molecule has 0 saturated carbocycles. The maximum absolute atomic E-state index is 12.2. The molecular weight excluding hydrogens is 359 g/mol. The van der Waals surface area contributed by atoms with Crippen molar-refractivity contribution in [3.8, 4) is 5.75 Å². The van der Waals surface area contributed by atoms with Gasteiger partial charge in [0.1, 0.15) is 5.75 Å². The van der Waals surface area contributed by atoms with Crippen molar-refractivity contribution < 1.29 is 9.53 Å². The molecule has 1 heterocycles. The molecule has 25 heavy (non-hydrogen) atoms. The van der Waals surface area contributed by atoms with E-state index in [1.54, 1.807) is 25.3 Å². The van der Waals surface area contributed by atoms with E-state index in [1.165, 1.54) is 11.1 Å². The smallest absolute Gasteiger partial charge is 0.225 e. The Kier molecular flexibility index (Phi) is 5.84. The van der Waals surface area contributed by atoms with Crippen molar-refractivity contribution in [2.75, 3.05) is 25.5 Å². The topological polar surface area (TPSA) is 41.6 Å². The zero-order chi connectivity index (χ0) is 17.8. The van der Waals surface area contributed by atoms with Crippen LogP contribution in [-0.2, 0) is 17.8 Å². The van der Waals surface area contributed by atoms with Gasteiger partial charge < -0.3 is 10.1 Å². The molecule has 4 nitrogen and oxygen atoms in total. The predicted octanol–water partition coefficient (Wildman–Crippen LogP) is 4.39. The molecule has 0 saturated heterocycles. The molecule has 1 N–H and O–H groups in total. The molecule has 0 atom stereocenters. The summed E-state index contributed by atoms with van der Waals surface area (Å²) in [4.78, 5) is 14.5. The number of benzene rings is 2. The maximum Gasteiger partial charge on any atom is 0.225 e. The molecule has 1 amide bonds. The van der Waals surface area contributed by atoms with Gasteiger partial charge in [0.05, 0.1) is 22.8 Å². The number of methoxy groups -OCH3 is 1. The highest BCUT2D eigenvalue weighted by Crippen LogP contribution is 2.30. The lowest BCUT2D eigenvalue weighted by Gasteiger charge is -2.28. The molecule has 132 valence electrons. The molecule has 0 aliphatic carbocycles. The number of ether oxygens (including phenoxy) is 1. The van der Waals surface area contributed by atoms with Crippen LogP contribution in [0.4, 0.5) is 5.69 Å². The lowest BCUT2D eigenvalue weighted by molar-refractivity contribution is -0.116. The zero-order valence-corrected chi connectivity index (χ0v) is 15.5. The van der Waals surface area contributed by atoms with Crippen LogP contribution >= 0.6 is 23.2 Å². The molecule has 1 aliphatic heterocycles. The average Bonchev–Trinajstić information content (AvgIpc) is 2.62. The van der Waals surface area contributed by atoms with Crippen LogP contribution in [0.1, 0.15) is 17.5 Å². The normalized spacial score (nSPS) is 14.0. The highest BCUT2D eigenvalue weighted by Gasteiger charge is 2.18. The summed E-state index contributed by atoms with van der Waals surface area (Å²) in [6, 6.07) is 11.4. The molecule has 2 aromatic carbocycles. The van der Waals surface area contributed by atoms with Crippen LogP contribution in [0, 0.1) is 0 Å². The van der Waals surface area contributed by atoms with Crippen molar-refractivity contribution in [2.24, 2.45) is 0 Å². The Morgan fingerprint density at radius 3 is 2.68 bits per heavy atom. The fraction of sp³-hybridized carbons (Fsp3) is 0.316. The van der Waals surface area contributed by atoms with Crippen molar-refractivity contribution >= 4 is 34.8 Å². The minimum atomic E-state index is -0.0913. The number of amides is 1. The van der Waals surface area contributed by atoms with Crippen molar-refractivity contribution in [3.05, 3.63) is 57.6 Å². The van der Waals surface area contributed by atoms with Crippen LogP contribution in [0.15, 0.2) is 36.4 Å². The van der Waals surface area contributed by atoms with Crippen LogP contribution in [0.5, 0.6) is 5.75 Å². The standard InChI is InChI=1S/C19H20Cl2N2O2/c1-25-15-6-5-13-7-9-23(12-14(13)11-15)10-8-18(24)22-19-16(20)3-2-4-17(19)21/h2-6,11H,7-10,12H2,1H3,(H,22,24). The zero-order valence-electron chi connectivity index (χ0n) is 14.0. The van der Waals surface area contributed by atoms with Gasteiger partial charge in [-0.1, -0.05) is 35.3 Å². The number of halogens is 2. The van der Waals surface area contributed by atoms with Crippen molar-refractivity contribution in [1.29, 1.82) is 0 Å². The van der Waals surface area contributed by atoms with Gasteiger partial charge in [0.15, 0.2) is 0 Å². The van der Waals surface area contributed by atoms with E-state index < -0.39 is 0 Å². The summed E-state index contributed by atoms with van der Waals surface area (Å²) < 4.78 is 5.29. The Bertz CT molecular complexity index is 760. The third-order valence-corrected chi connectivity index (χ3v) is 5.02. The second kappa shape index (κ2) is 8.09. The van der Waals surface area contributed by atoms with Gasteiger partial charge in [-0.3, -0.25) is 9.69 Å². The number of nitrogens with one attached hydrogen (secondary N) is 1. The number of carbonyl (C=O) groups excluding carboxylic acids is 1. The van der Waals surface area contributed by atoms with Gasteiger partial charge in [0.2, 0.25) is 5.91 Å². The van der Waals surface area contributed by atoms with Crippen LogP contribution in [0.25, 0.3) is 0 Å². The van der Waals surface area contributed by atoms with Gasteiger partial charge in [0, 0.05) is 26.1 Å². The summed E-state index contributed by atoms with van der Waals surface area (Å²) in [7, 11) is 1.67. The molecule has 0 unspecified atom stereocenters. The van der Waals surface area contributed by atoms with E-state index in [0.717, 1.165) is 25.3 Å². The number of hydrogen-bond acceptors (Lipinski definition) is 3. The number of para-hydroxylation sites is 1. The maximum atomic E-state index is 12.2. The second-order valence-corrected chi connectivity index (χ2v) is 6.87. The van der Waals surface area contributed by atoms with Crippen LogP contribution in [-0.4, -0.2) is 31.0 Å². The highest BCUT2D eigenvalue weighted by atomic mass is 35.5. The minimum Gasteiger partial charge on any atom is -0.497 e. The van der Waals surface area contributed by atoms with E-state index in [-0.39, 0.29) is 5.91 Å². The Labute approximate surface area is 157 Å². The molecule has 3 rings (SSSR count). The first-order chi connectivity index (χ1) is 12.1. The summed E-state index contributed by atoms with van der Waals surface area (Å²) in [5.41, 5.74) is 3.09. The van der Waals surface area contributed by atoms with Crippen LogP contribution in [0.2, 0.25) is 10.0 Å². The lowest BCUT2D eigenvalue weighted by atomic mass is 9.99. The predicted molar refractivity (Wildman–Crippen MR) is 102 cm³/mol. The Morgan fingerprint density at radius 2 is 1.96 bits per heavy atom. The second-order valence-electron chi connectivity index (χ2n) is 6.06. The average molecular weight is 379 g/mol. The fourth-order valence-electron chi connectivity index (χ4n) is 2.99. The molecule has 6 heteroatoms. The molecule has 2 aromatic rings. The van der Waals surface area contributed by atoms with E-state index in [0.29, 0.717) is 28.7 Å². The quantitative estimate of drug-likeness (QED) is 0.838. The first kappa shape index (κ1) is 18.1. The number of rotatable bonds is 5. The van der Waals surface area contributed by atoms with Crippen LogP contribution in [0.3, 0.4) is 0 Å². The summed E-state index contributed by atoms with van der Waals surface area (Å²) in [6.07, 6.45) is 1.37. The Morgan fingerprint density at radius 1 is 1.20 bits per heavy atom. The monoisotopic (exact) mass is 378 g/mol. The van der Waals surface area contributed by atoms with E-state index in [9.17, 15) is 4.79 Å².